The number of hydrogen-bond acceptors (Lipinski definition) is 5. The van der Waals surface area contributed by atoms with Crippen LogP contribution in [0.3, 0.4) is 0 Å². The normalized spacial score (nSPS) is 19.4. The van der Waals surface area contributed by atoms with Gasteiger partial charge in [-0.05, 0) is 6.42 Å². The first-order valence-corrected chi connectivity index (χ1v) is 7.57. The molecular weight excluding hydrogens is 274 g/mol. The van der Waals surface area contributed by atoms with Crippen LogP contribution in [0.4, 0.5) is 5.82 Å². The zero-order valence-corrected chi connectivity index (χ0v) is 12.1. The lowest BCUT2D eigenvalue weighted by Crippen LogP contribution is -2.21. The van der Waals surface area contributed by atoms with Crippen molar-refractivity contribution in [3.8, 4) is 0 Å². The van der Waals surface area contributed by atoms with Gasteiger partial charge >= 0.3 is 0 Å². The van der Waals surface area contributed by atoms with Crippen LogP contribution in [0.2, 0.25) is 0 Å². The van der Waals surface area contributed by atoms with Gasteiger partial charge in [-0.1, -0.05) is 0 Å². The second-order valence-corrected chi connectivity index (χ2v) is 5.74. The summed E-state index contributed by atoms with van der Waals surface area (Å²) in [6.45, 7) is 4.42. The van der Waals surface area contributed by atoms with Crippen LogP contribution >= 0.6 is 11.3 Å². The highest BCUT2D eigenvalue weighted by molar-refractivity contribution is 7.07. The fraction of sp³-hybridized carbons (Fsp3) is 0.462. The topological polar surface area (TPSA) is 63.1 Å². The number of aromatic nitrogens is 3. The maximum atomic E-state index is 11.0. The molecule has 0 spiro atoms. The van der Waals surface area contributed by atoms with Crippen LogP contribution in [-0.2, 0) is 11.3 Å². The summed E-state index contributed by atoms with van der Waals surface area (Å²) in [4.78, 5) is 17.7. The number of likely N-dealkylation sites (tertiary alicyclic amines) is 1. The number of hydrogen-bond donors (Lipinski definition) is 1. The van der Waals surface area contributed by atoms with E-state index in [4.69, 9.17) is 0 Å². The van der Waals surface area contributed by atoms with Gasteiger partial charge in [0, 0.05) is 44.2 Å². The Balaban J connectivity index is 1.59. The largest absolute Gasteiger partial charge is 0.309 e. The summed E-state index contributed by atoms with van der Waals surface area (Å²) in [7, 11) is 0. The van der Waals surface area contributed by atoms with Crippen LogP contribution in [0.15, 0.2) is 23.2 Å². The van der Waals surface area contributed by atoms with E-state index in [1.807, 2.05) is 22.5 Å². The summed E-state index contributed by atoms with van der Waals surface area (Å²) >= 11 is 1.63. The molecule has 3 heterocycles. The van der Waals surface area contributed by atoms with E-state index in [1.165, 1.54) is 6.92 Å². The molecule has 0 radical (unpaired) electrons. The molecule has 1 saturated heterocycles. The van der Waals surface area contributed by atoms with E-state index in [0.717, 1.165) is 31.7 Å². The monoisotopic (exact) mass is 291 g/mol. The lowest BCUT2D eigenvalue weighted by molar-refractivity contribution is -0.114. The third-order valence-electron chi connectivity index (χ3n) is 3.40. The van der Waals surface area contributed by atoms with Crippen molar-refractivity contribution in [2.45, 2.75) is 25.9 Å². The average molecular weight is 291 g/mol. The Bertz CT molecular complexity index is 579. The minimum absolute atomic E-state index is 0.0909. The van der Waals surface area contributed by atoms with Crippen molar-refractivity contribution in [1.29, 1.82) is 0 Å². The van der Waals surface area contributed by atoms with Crippen molar-refractivity contribution in [3.05, 3.63) is 28.8 Å². The molecule has 6 nitrogen and oxygen atoms in total. The van der Waals surface area contributed by atoms with E-state index in [0.29, 0.717) is 11.9 Å². The fourth-order valence-corrected chi connectivity index (χ4v) is 3.05. The molecule has 1 amide bonds. The Morgan fingerprint density at radius 2 is 2.50 bits per heavy atom. The Hall–Kier alpha value is -1.73. The van der Waals surface area contributed by atoms with Crippen LogP contribution < -0.4 is 5.32 Å². The smallest absolute Gasteiger partial charge is 0.222 e. The molecule has 0 aromatic carbocycles. The van der Waals surface area contributed by atoms with Gasteiger partial charge in [0.25, 0.3) is 0 Å². The van der Waals surface area contributed by atoms with Gasteiger partial charge in [0.15, 0.2) is 5.82 Å². The van der Waals surface area contributed by atoms with Gasteiger partial charge in [0.1, 0.15) is 0 Å². The Morgan fingerprint density at radius 3 is 3.25 bits per heavy atom. The van der Waals surface area contributed by atoms with E-state index in [9.17, 15) is 4.79 Å². The van der Waals surface area contributed by atoms with Gasteiger partial charge in [-0.25, -0.2) is 4.98 Å². The SMILES string of the molecule is CC(=O)Nc1ccn(C2CCN(Cc3cscn3)C2)n1. The van der Waals surface area contributed by atoms with Gasteiger partial charge in [0.2, 0.25) is 5.91 Å². The summed E-state index contributed by atoms with van der Waals surface area (Å²) in [5.74, 6) is 0.530. The predicted molar refractivity (Wildman–Crippen MR) is 77.6 cm³/mol. The van der Waals surface area contributed by atoms with Gasteiger partial charge in [-0.3, -0.25) is 14.4 Å². The molecule has 0 saturated carbocycles. The average Bonchev–Trinajstić information content (AvgIpc) is 3.09. The zero-order valence-electron chi connectivity index (χ0n) is 11.3. The molecule has 20 heavy (non-hydrogen) atoms. The maximum absolute atomic E-state index is 11.0. The Morgan fingerprint density at radius 1 is 1.60 bits per heavy atom. The van der Waals surface area contributed by atoms with Gasteiger partial charge in [-0.2, -0.15) is 5.10 Å². The molecule has 0 aliphatic carbocycles. The summed E-state index contributed by atoms with van der Waals surface area (Å²) in [5.41, 5.74) is 3.01. The summed E-state index contributed by atoms with van der Waals surface area (Å²) in [5, 5.41) is 9.20. The molecule has 3 rings (SSSR count). The van der Waals surface area contributed by atoms with Crippen molar-refractivity contribution in [2.75, 3.05) is 18.4 Å². The number of nitrogens with one attached hydrogen (secondary N) is 1. The lowest BCUT2D eigenvalue weighted by Gasteiger charge is -2.14. The van der Waals surface area contributed by atoms with Crippen LogP contribution in [0.25, 0.3) is 0 Å². The minimum Gasteiger partial charge on any atom is -0.309 e. The number of anilines is 1. The van der Waals surface area contributed by atoms with Gasteiger partial charge in [-0.15, -0.1) is 11.3 Å². The number of carbonyl (C=O) groups excluding carboxylic acids is 1. The van der Waals surface area contributed by atoms with E-state index in [1.54, 1.807) is 11.3 Å². The van der Waals surface area contributed by atoms with Crippen molar-refractivity contribution in [1.82, 2.24) is 19.7 Å². The van der Waals surface area contributed by atoms with E-state index in [-0.39, 0.29) is 5.91 Å². The summed E-state index contributed by atoms with van der Waals surface area (Å²) in [6.07, 6.45) is 3.01. The molecule has 106 valence electrons. The van der Waals surface area contributed by atoms with E-state index >= 15 is 0 Å². The van der Waals surface area contributed by atoms with E-state index < -0.39 is 0 Å². The lowest BCUT2D eigenvalue weighted by atomic mass is 10.3. The summed E-state index contributed by atoms with van der Waals surface area (Å²) in [6, 6.07) is 2.21. The molecule has 1 aliphatic heterocycles. The number of carbonyl (C=O) groups is 1. The van der Waals surface area contributed by atoms with Crippen molar-refractivity contribution < 1.29 is 4.79 Å². The molecule has 1 atom stereocenters. The van der Waals surface area contributed by atoms with Crippen molar-refractivity contribution in [2.24, 2.45) is 0 Å². The van der Waals surface area contributed by atoms with Crippen LogP contribution in [-0.4, -0.2) is 38.7 Å². The molecule has 7 heteroatoms. The van der Waals surface area contributed by atoms with E-state index in [2.05, 4.69) is 25.7 Å². The van der Waals surface area contributed by atoms with Crippen LogP contribution in [0.1, 0.15) is 25.1 Å². The first-order chi connectivity index (χ1) is 9.70. The molecule has 1 N–H and O–H groups in total. The number of rotatable bonds is 4. The Kier molecular flexibility index (Phi) is 3.79. The number of thiazole rings is 1. The quantitative estimate of drug-likeness (QED) is 0.932. The standard InChI is InChI=1S/C13H17N5OS/c1-10(19)15-13-3-5-18(16-13)12-2-4-17(7-12)6-11-8-20-9-14-11/h3,5,8-9,12H,2,4,6-7H2,1H3,(H,15,16,19). The third kappa shape index (κ3) is 3.05. The highest BCUT2D eigenvalue weighted by Crippen LogP contribution is 2.23. The molecular formula is C13H17N5OS. The molecule has 1 fully saturated rings. The van der Waals surface area contributed by atoms with Crippen molar-refractivity contribution in [3.63, 3.8) is 0 Å². The first-order valence-electron chi connectivity index (χ1n) is 6.63. The minimum atomic E-state index is -0.0909. The fourth-order valence-electron chi connectivity index (χ4n) is 2.50. The molecule has 2 aromatic heterocycles. The second-order valence-electron chi connectivity index (χ2n) is 5.02. The van der Waals surface area contributed by atoms with Gasteiger partial charge in [0.05, 0.1) is 17.2 Å². The second kappa shape index (κ2) is 5.72. The highest BCUT2D eigenvalue weighted by atomic mass is 32.1. The summed E-state index contributed by atoms with van der Waals surface area (Å²) < 4.78 is 1.95. The number of nitrogens with zero attached hydrogens (tertiary/aromatic N) is 4. The molecule has 2 aromatic rings. The first kappa shape index (κ1) is 13.3. The third-order valence-corrected chi connectivity index (χ3v) is 4.04. The zero-order chi connectivity index (χ0) is 13.9. The molecule has 1 aliphatic rings. The molecule has 0 bridgehead atoms. The number of amides is 1. The van der Waals surface area contributed by atoms with Gasteiger partial charge < -0.3 is 5.32 Å². The van der Waals surface area contributed by atoms with Crippen molar-refractivity contribution >= 4 is 23.1 Å². The maximum Gasteiger partial charge on any atom is 0.222 e. The van der Waals surface area contributed by atoms with Crippen LogP contribution in [0.5, 0.6) is 0 Å². The molecule has 1 unspecified atom stereocenters. The highest BCUT2D eigenvalue weighted by Gasteiger charge is 2.24. The van der Waals surface area contributed by atoms with Crippen LogP contribution in [0, 0.1) is 0 Å². The predicted octanol–water partition coefficient (Wildman–Crippen LogP) is 1.74. The Labute approximate surface area is 121 Å².